The first-order valence-corrected chi connectivity index (χ1v) is 6.13. The Morgan fingerprint density at radius 3 is 2.84 bits per heavy atom. The van der Waals surface area contributed by atoms with Crippen LogP contribution in [0.15, 0.2) is 12.1 Å². The number of ether oxygens (including phenoxy) is 2. The molecular formula is C12H15BO6. The van der Waals surface area contributed by atoms with Crippen LogP contribution in [0.5, 0.6) is 11.5 Å². The van der Waals surface area contributed by atoms with Gasteiger partial charge in [0.05, 0.1) is 19.3 Å². The van der Waals surface area contributed by atoms with Gasteiger partial charge in [-0.05, 0) is 11.6 Å². The number of methoxy groups -OCH3 is 1. The van der Waals surface area contributed by atoms with Gasteiger partial charge in [-0.15, -0.1) is 0 Å². The maximum atomic E-state index is 9.99. The van der Waals surface area contributed by atoms with Gasteiger partial charge in [0.25, 0.3) is 0 Å². The Kier molecular flexibility index (Phi) is 3.14. The van der Waals surface area contributed by atoms with Gasteiger partial charge in [-0.2, -0.15) is 0 Å². The summed E-state index contributed by atoms with van der Waals surface area (Å²) in [6.45, 7) is 0.930. The lowest BCUT2D eigenvalue weighted by Gasteiger charge is -2.31. The summed E-state index contributed by atoms with van der Waals surface area (Å²) >= 11 is 0. The molecule has 102 valence electrons. The van der Waals surface area contributed by atoms with Crippen LogP contribution in [-0.4, -0.2) is 42.7 Å². The van der Waals surface area contributed by atoms with Crippen molar-refractivity contribution in [2.24, 2.45) is 0 Å². The third-order valence-electron chi connectivity index (χ3n) is 3.79. The molecule has 0 radical (unpaired) electrons. The lowest BCUT2D eigenvalue weighted by atomic mass is 9.62. The van der Waals surface area contributed by atoms with Crippen LogP contribution in [0.1, 0.15) is 23.3 Å². The number of fused-ring (bicyclic) bond motifs is 3. The van der Waals surface area contributed by atoms with Gasteiger partial charge in [-0.1, -0.05) is 6.07 Å². The Bertz CT molecular complexity index is 491. The summed E-state index contributed by atoms with van der Waals surface area (Å²) in [5.74, 6) is 0.485. The molecule has 0 aliphatic carbocycles. The number of hydrogen-bond donors (Lipinski definition) is 3. The third kappa shape index (κ3) is 1.90. The monoisotopic (exact) mass is 266 g/mol. The lowest BCUT2D eigenvalue weighted by molar-refractivity contribution is -0.0451. The molecule has 0 bridgehead atoms. The van der Waals surface area contributed by atoms with Crippen LogP contribution >= 0.6 is 0 Å². The second kappa shape index (κ2) is 4.68. The molecule has 19 heavy (non-hydrogen) atoms. The van der Waals surface area contributed by atoms with E-state index in [1.807, 2.05) is 6.07 Å². The third-order valence-corrected chi connectivity index (χ3v) is 3.79. The van der Waals surface area contributed by atoms with E-state index < -0.39 is 13.4 Å². The van der Waals surface area contributed by atoms with Crippen molar-refractivity contribution in [2.45, 2.75) is 18.0 Å². The molecule has 0 spiro atoms. The highest BCUT2D eigenvalue weighted by atomic mass is 16.5. The summed E-state index contributed by atoms with van der Waals surface area (Å²) in [6, 6.07) is 3.49. The fourth-order valence-electron chi connectivity index (χ4n) is 2.82. The van der Waals surface area contributed by atoms with Crippen molar-refractivity contribution < 1.29 is 29.4 Å². The summed E-state index contributed by atoms with van der Waals surface area (Å²) in [7, 11) is 0.429. The molecular weight excluding hydrogens is 251 g/mol. The minimum Gasteiger partial charge on any atom is -0.535 e. The van der Waals surface area contributed by atoms with Crippen molar-refractivity contribution in [3.63, 3.8) is 0 Å². The van der Waals surface area contributed by atoms with Crippen LogP contribution in [0, 0.1) is 0 Å². The van der Waals surface area contributed by atoms with Crippen LogP contribution < -0.4 is 9.39 Å². The molecule has 2 aliphatic rings. The standard InChI is InChI=1S/C12H15BO6/c1-17-9-3-2-6-7-4-18-5-8(7)13(16)19-11(6)10(9)12(14)15/h2-3,7-8,12,14-16H,4-5H2,1H3/t7-,8-/m1/s1. The van der Waals surface area contributed by atoms with Crippen LogP contribution in [0.4, 0.5) is 0 Å². The fraction of sp³-hybridized carbons (Fsp3) is 0.500. The molecule has 3 rings (SSSR count). The van der Waals surface area contributed by atoms with Crippen molar-refractivity contribution in [2.75, 3.05) is 20.3 Å². The van der Waals surface area contributed by atoms with Gasteiger partial charge in [0.2, 0.25) is 0 Å². The minimum absolute atomic E-state index is 0.00200. The van der Waals surface area contributed by atoms with Crippen LogP contribution in [0.2, 0.25) is 5.82 Å². The number of aliphatic hydroxyl groups excluding tert-OH is 1. The predicted molar refractivity (Wildman–Crippen MR) is 66.1 cm³/mol. The van der Waals surface area contributed by atoms with E-state index in [-0.39, 0.29) is 23.0 Å². The second-order valence-electron chi connectivity index (χ2n) is 4.79. The van der Waals surface area contributed by atoms with Gasteiger partial charge < -0.3 is 29.4 Å². The van der Waals surface area contributed by atoms with Crippen molar-refractivity contribution in [3.05, 3.63) is 23.3 Å². The number of hydrogen-bond acceptors (Lipinski definition) is 6. The first-order valence-electron chi connectivity index (χ1n) is 6.13. The van der Waals surface area contributed by atoms with E-state index in [4.69, 9.17) is 14.1 Å². The second-order valence-corrected chi connectivity index (χ2v) is 4.79. The number of aliphatic hydroxyl groups is 2. The van der Waals surface area contributed by atoms with Gasteiger partial charge in [-0.25, -0.2) is 0 Å². The smallest absolute Gasteiger partial charge is 0.529 e. The molecule has 2 aliphatic heterocycles. The molecule has 3 N–H and O–H groups in total. The Hall–Kier alpha value is -1.28. The van der Waals surface area contributed by atoms with Crippen molar-refractivity contribution in [3.8, 4) is 11.5 Å². The first kappa shape index (κ1) is 12.7. The molecule has 0 saturated carbocycles. The SMILES string of the molecule is COc1ccc2c(c1C(O)O)OB(O)[C@@H]1COC[C@H]21. The highest BCUT2D eigenvalue weighted by molar-refractivity contribution is 6.46. The lowest BCUT2D eigenvalue weighted by Crippen LogP contribution is -2.36. The van der Waals surface area contributed by atoms with Crippen molar-refractivity contribution in [1.82, 2.24) is 0 Å². The Balaban J connectivity index is 2.14. The molecule has 2 heterocycles. The molecule has 1 aromatic rings. The molecule has 1 aromatic carbocycles. The largest absolute Gasteiger partial charge is 0.535 e. The maximum absolute atomic E-state index is 9.99. The highest BCUT2D eigenvalue weighted by Gasteiger charge is 2.47. The Morgan fingerprint density at radius 1 is 1.37 bits per heavy atom. The fourth-order valence-corrected chi connectivity index (χ4v) is 2.82. The molecule has 2 atom stereocenters. The maximum Gasteiger partial charge on any atom is 0.529 e. The Morgan fingerprint density at radius 2 is 2.16 bits per heavy atom. The zero-order valence-corrected chi connectivity index (χ0v) is 10.4. The van der Waals surface area contributed by atoms with Crippen LogP contribution in [0.3, 0.4) is 0 Å². The summed E-state index contributed by atoms with van der Waals surface area (Å²) in [4.78, 5) is 0. The average Bonchev–Trinajstić information content (AvgIpc) is 2.87. The van der Waals surface area contributed by atoms with E-state index in [0.29, 0.717) is 19.0 Å². The van der Waals surface area contributed by atoms with Gasteiger partial charge in [0.1, 0.15) is 11.5 Å². The number of benzene rings is 1. The minimum atomic E-state index is -1.73. The summed E-state index contributed by atoms with van der Waals surface area (Å²) in [5, 5.41) is 29.0. The van der Waals surface area contributed by atoms with E-state index in [0.717, 1.165) is 5.56 Å². The first-order chi connectivity index (χ1) is 9.13. The predicted octanol–water partition coefficient (Wildman–Crippen LogP) is 0.0353. The van der Waals surface area contributed by atoms with E-state index in [1.165, 1.54) is 7.11 Å². The van der Waals surface area contributed by atoms with Crippen LogP contribution in [-0.2, 0) is 4.74 Å². The molecule has 0 amide bonds. The van der Waals surface area contributed by atoms with Gasteiger partial charge >= 0.3 is 7.12 Å². The molecule has 1 saturated heterocycles. The highest BCUT2D eigenvalue weighted by Crippen LogP contribution is 2.49. The van der Waals surface area contributed by atoms with Crippen molar-refractivity contribution in [1.29, 1.82) is 0 Å². The zero-order chi connectivity index (χ0) is 13.6. The van der Waals surface area contributed by atoms with Crippen LogP contribution in [0.25, 0.3) is 0 Å². The number of rotatable bonds is 2. The molecule has 1 fully saturated rings. The summed E-state index contributed by atoms with van der Waals surface area (Å²) in [6.07, 6.45) is -1.73. The van der Waals surface area contributed by atoms with Gasteiger partial charge in [-0.3, -0.25) is 0 Å². The topological polar surface area (TPSA) is 88.4 Å². The van der Waals surface area contributed by atoms with E-state index in [2.05, 4.69) is 0 Å². The molecule has 7 heteroatoms. The molecule has 6 nitrogen and oxygen atoms in total. The Labute approximate surface area is 110 Å². The van der Waals surface area contributed by atoms with Crippen molar-refractivity contribution >= 4 is 7.12 Å². The van der Waals surface area contributed by atoms with E-state index in [9.17, 15) is 15.2 Å². The van der Waals surface area contributed by atoms with E-state index >= 15 is 0 Å². The van der Waals surface area contributed by atoms with Gasteiger partial charge in [0, 0.05) is 18.3 Å². The molecule has 0 aromatic heterocycles. The molecule has 0 unspecified atom stereocenters. The summed E-state index contributed by atoms with van der Waals surface area (Å²) in [5.41, 5.74) is 0.959. The normalized spacial score (nSPS) is 25.0. The zero-order valence-electron chi connectivity index (χ0n) is 10.4. The quantitative estimate of drug-likeness (QED) is 0.517. The van der Waals surface area contributed by atoms with Gasteiger partial charge in [0.15, 0.2) is 6.29 Å². The van der Waals surface area contributed by atoms with E-state index in [1.54, 1.807) is 6.07 Å². The summed E-state index contributed by atoms with van der Waals surface area (Å²) < 4.78 is 15.9. The average molecular weight is 266 g/mol.